The Hall–Kier alpha value is -2.70. The second-order valence-corrected chi connectivity index (χ2v) is 7.58. The fourth-order valence-electron chi connectivity index (χ4n) is 3.00. The molecule has 1 heterocycles. The summed E-state index contributed by atoms with van der Waals surface area (Å²) in [5.74, 6) is -0.130. The molecule has 0 aromatic heterocycles. The van der Waals surface area contributed by atoms with Gasteiger partial charge in [0.25, 0.3) is 0 Å². The second kappa shape index (κ2) is 6.23. The van der Waals surface area contributed by atoms with Gasteiger partial charge >= 0.3 is 10.3 Å². The zero-order chi connectivity index (χ0) is 18.3. The maximum atomic E-state index is 14.7. The largest absolute Gasteiger partial charge is 0.382 e. The van der Waals surface area contributed by atoms with E-state index >= 15 is 0 Å². The molecule has 0 amide bonds. The first-order valence-electron chi connectivity index (χ1n) is 8.11. The van der Waals surface area contributed by atoms with Gasteiger partial charge in [0.15, 0.2) is 5.75 Å². The second-order valence-electron chi connectivity index (χ2n) is 6.21. The van der Waals surface area contributed by atoms with Crippen molar-refractivity contribution >= 4 is 10.3 Å². The molecule has 0 radical (unpaired) electrons. The van der Waals surface area contributed by atoms with Gasteiger partial charge in [-0.1, -0.05) is 60.2 Å². The Morgan fingerprint density at radius 1 is 0.962 bits per heavy atom. The molecule has 0 bridgehead atoms. The van der Waals surface area contributed by atoms with Gasteiger partial charge in [0, 0.05) is 23.2 Å². The van der Waals surface area contributed by atoms with Crippen LogP contribution in [0.4, 0.5) is 4.39 Å². The summed E-state index contributed by atoms with van der Waals surface area (Å²) in [4.78, 5) is 0. The highest BCUT2D eigenvalue weighted by Gasteiger charge is 2.25. The van der Waals surface area contributed by atoms with Gasteiger partial charge in [-0.3, -0.25) is 0 Å². The van der Waals surface area contributed by atoms with Crippen LogP contribution in [0.2, 0.25) is 0 Å². The highest BCUT2D eigenvalue weighted by molar-refractivity contribution is 7.85. The van der Waals surface area contributed by atoms with E-state index in [2.05, 4.69) is 4.72 Å². The van der Waals surface area contributed by atoms with Crippen LogP contribution < -0.4 is 8.91 Å². The third-order valence-corrected chi connectivity index (χ3v) is 5.26. The van der Waals surface area contributed by atoms with E-state index in [0.717, 1.165) is 11.1 Å². The molecule has 4 rings (SSSR count). The Bertz CT molecular complexity index is 1090. The summed E-state index contributed by atoms with van der Waals surface area (Å²) in [5, 5.41) is 0. The number of hydrogen-bond acceptors (Lipinski definition) is 3. The molecule has 0 fully saturated rings. The molecule has 3 aromatic carbocycles. The number of para-hydroxylation sites is 1. The molecule has 0 saturated heterocycles. The van der Waals surface area contributed by atoms with Crippen molar-refractivity contribution in [3.05, 3.63) is 77.6 Å². The van der Waals surface area contributed by atoms with E-state index < -0.39 is 10.3 Å². The van der Waals surface area contributed by atoms with Crippen molar-refractivity contribution in [1.29, 1.82) is 0 Å². The average molecular weight is 369 g/mol. The first-order chi connectivity index (χ1) is 12.4. The van der Waals surface area contributed by atoms with Crippen LogP contribution in [0.15, 0.2) is 60.7 Å². The lowest BCUT2D eigenvalue weighted by atomic mass is 9.97. The summed E-state index contributed by atoms with van der Waals surface area (Å²) in [6.45, 7) is 2.13. The first-order valence-corrected chi connectivity index (χ1v) is 9.52. The predicted octanol–water partition coefficient (Wildman–Crippen LogP) is 4.19. The van der Waals surface area contributed by atoms with Crippen LogP contribution in [0.3, 0.4) is 0 Å². The van der Waals surface area contributed by atoms with Gasteiger partial charge in [-0.15, -0.1) is 0 Å². The van der Waals surface area contributed by atoms with Crippen LogP contribution in [-0.4, -0.2) is 8.42 Å². The number of aryl methyl sites for hydroxylation is 1. The van der Waals surface area contributed by atoms with Gasteiger partial charge in [-0.05, 0) is 24.1 Å². The van der Waals surface area contributed by atoms with Crippen molar-refractivity contribution in [2.45, 2.75) is 13.5 Å². The quantitative estimate of drug-likeness (QED) is 0.737. The molecular formula is C20H16FNO3S. The summed E-state index contributed by atoms with van der Waals surface area (Å²) >= 11 is 0. The number of nitrogens with one attached hydrogen (secondary N) is 1. The Morgan fingerprint density at radius 2 is 1.69 bits per heavy atom. The van der Waals surface area contributed by atoms with Crippen molar-refractivity contribution in [3.8, 4) is 28.0 Å². The molecule has 0 saturated carbocycles. The lowest BCUT2D eigenvalue weighted by molar-refractivity contribution is 0.454. The molecule has 0 unspecified atom stereocenters. The monoisotopic (exact) mass is 369 g/mol. The molecule has 26 heavy (non-hydrogen) atoms. The van der Waals surface area contributed by atoms with E-state index in [4.69, 9.17) is 4.18 Å². The van der Waals surface area contributed by atoms with Gasteiger partial charge in [-0.25, -0.2) is 4.39 Å². The van der Waals surface area contributed by atoms with Crippen LogP contribution in [-0.2, 0) is 16.8 Å². The van der Waals surface area contributed by atoms with Crippen molar-refractivity contribution < 1.29 is 17.0 Å². The van der Waals surface area contributed by atoms with E-state index in [1.54, 1.807) is 30.3 Å². The third kappa shape index (κ3) is 3.09. The summed E-state index contributed by atoms with van der Waals surface area (Å²) in [6.07, 6.45) is 0. The number of rotatable bonds is 2. The van der Waals surface area contributed by atoms with E-state index in [0.29, 0.717) is 22.3 Å². The first kappa shape index (κ1) is 16.8. The standard InChI is InChI=1S/C20H16FNO3S/c1-13-5-7-14(8-6-13)17-10-9-15(11-19(17)21)18-4-2-3-16-12-22-26(23,24)25-20(16)18/h2-11,22H,12H2,1H3. The molecule has 1 N–H and O–H groups in total. The molecule has 1 aliphatic heterocycles. The van der Waals surface area contributed by atoms with Crippen LogP contribution >= 0.6 is 0 Å². The summed E-state index contributed by atoms with van der Waals surface area (Å²) in [6, 6.07) is 17.8. The smallest absolute Gasteiger partial charge is 0.370 e. The average Bonchev–Trinajstić information content (AvgIpc) is 2.61. The molecule has 4 nitrogen and oxygen atoms in total. The number of hydrogen-bond donors (Lipinski definition) is 1. The van der Waals surface area contributed by atoms with Gasteiger partial charge in [0.1, 0.15) is 5.82 Å². The third-order valence-electron chi connectivity index (χ3n) is 4.37. The Labute approximate surface area is 151 Å². The number of halogens is 1. The predicted molar refractivity (Wildman–Crippen MR) is 98.4 cm³/mol. The maximum absolute atomic E-state index is 14.7. The summed E-state index contributed by atoms with van der Waals surface area (Å²) < 4.78 is 45.6. The SMILES string of the molecule is Cc1ccc(-c2ccc(-c3cccc4c3OS(=O)(=O)NC4)cc2F)cc1. The van der Waals surface area contributed by atoms with Crippen molar-refractivity contribution in [2.75, 3.05) is 0 Å². The summed E-state index contributed by atoms with van der Waals surface area (Å²) in [7, 11) is -3.84. The molecule has 0 atom stereocenters. The normalized spacial score (nSPS) is 15.2. The molecule has 1 aliphatic rings. The van der Waals surface area contributed by atoms with E-state index in [1.165, 1.54) is 6.07 Å². The minimum absolute atomic E-state index is 0.148. The minimum Gasteiger partial charge on any atom is -0.370 e. The Balaban J connectivity index is 1.79. The van der Waals surface area contributed by atoms with E-state index in [-0.39, 0.29) is 18.1 Å². The fourth-order valence-corrected chi connectivity index (χ4v) is 3.81. The van der Waals surface area contributed by atoms with Crippen LogP contribution in [0, 0.1) is 12.7 Å². The highest BCUT2D eigenvalue weighted by Crippen LogP contribution is 2.37. The van der Waals surface area contributed by atoms with Gasteiger partial charge in [-0.2, -0.15) is 13.1 Å². The zero-order valence-electron chi connectivity index (χ0n) is 14.0. The molecule has 0 spiro atoms. The van der Waals surface area contributed by atoms with Crippen LogP contribution in [0.5, 0.6) is 5.75 Å². The van der Waals surface area contributed by atoms with Crippen molar-refractivity contribution in [2.24, 2.45) is 0 Å². The lowest BCUT2D eigenvalue weighted by Gasteiger charge is -2.20. The van der Waals surface area contributed by atoms with Crippen LogP contribution in [0.1, 0.15) is 11.1 Å². The van der Waals surface area contributed by atoms with Crippen LogP contribution in [0.25, 0.3) is 22.3 Å². The van der Waals surface area contributed by atoms with Crippen molar-refractivity contribution in [3.63, 3.8) is 0 Å². The molecule has 6 heteroatoms. The zero-order valence-corrected chi connectivity index (χ0v) is 14.8. The van der Waals surface area contributed by atoms with Crippen molar-refractivity contribution in [1.82, 2.24) is 4.72 Å². The Kier molecular flexibility index (Phi) is 4.01. The summed E-state index contributed by atoms with van der Waals surface area (Å²) in [5.41, 5.74) is 4.20. The molecule has 3 aromatic rings. The van der Waals surface area contributed by atoms with Gasteiger partial charge < -0.3 is 4.18 Å². The molecule has 132 valence electrons. The molecular weight excluding hydrogens is 353 g/mol. The topological polar surface area (TPSA) is 55.4 Å². The number of benzene rings is 3. The Morgan fingerprint density at radius 3 is 2.42 bits per heavy atom. The fraction of sp³-hybridized carbons (Fsp3) is 0.100. The minimum atomic E-state index is -3.84. The number of fused-ring (bicyclic) bond motifs is 1. The van der Waals surface area contributed by atoms with Gasteiger partial charge in [0.2, 0.25) is 0 Å². The highest BCUT2D eigenvalue weighted by atomic mass is 32.2. The van der Waals surface area contributed by atoms with E-state index in [9.17, 15) is 12.8 Å². The van der Waals surface area contributed by atoms with Gasteiger partial charge in [0.05, 0.1) is 0 Å². The molecule has 0 aliphatic carbocycles. The van der Waals surface area contributed by atoms with E-state index in [1.807, 2.05) is 31.2 Å². The maximum Gasteiger partial charge on any atom is 0.382 e. The lowest BCUT2D eigenvalue weighted by Crippen LogP contribution is -2.32.